The van der Waals surface area contributed by atoms with Crippen LogP contribution in [0.1, 0.15) is 35.7 Å². The molecule has 2 aromatic heterocycles. The first-order valence-electron chi connectivity index (χ1n) is 6.19. The molecule has 18 heavy (non-hydrogen) atoms. The molecular formula is C13H21N5. The molecule has 1 atom stereocenters. The number of hydrogen-bond acceptors (Lipinski definition) is 3. The second-order valence-corrected chi connectivity index (χ2v) is 4.86. The van der Waals surface area contributed by atoms with Crippen molar-refractivity contribution in [2.24, 2.45) is 14.1 Å². The maximum atomic E-state index is 4.12. The number of hydrogen-bond donors (Lipinski definition) is 1. The van der Waals surface area contributed by atoms with Gasteiger partial charge in [-0.05, 0) is 32.4 Å². The number of aryl methyl sites for hydroxylation is 2. The summed E-state index contributed by atoms with van der Waals surface area (Å²) in [5.41, 5.74) is 3.93. The van der Waals surface area contributed by atoms with Crippen molar-refractivity contribution in [3.05, 3.63) is 35.2 Å². The molecule has 0 aromatic carbocycles. The van der Waals surface area contributed by atoms with Crippen LogP contribution in [0.4, 0.5) is 0 Å². The summed E-state index contributed by atoms with van der Waals surface area (Å²) in [6.45, 7) is 7.23. The van der Waals surface area contributed by atoms with Gasteiger partial charge in [-0.25, -0.2) is 0 Å². The lowest BCUT2D eigenvalue weighted by atomic mass is 10.2. The maximum absolute atomic E-state index is 4.12. The monoisotopic (exact) mass is 247 g/mol. The van der Waals surface area contributed by atoms with Crippen LogP contribution in [-0.4, -0.2) is 19.3 Å². The third kappa shape index (κ3) is 2.31. The fourth-order valence-corrected chi connectivity index (χ4v) is 2.15. The molecule has 5 nitrogen and oxygen atoms in total. The van der Waals surface area contributed by atoms with Crippen molar-refractivity contribution < 1.29 is 0 Å². The Morgan fingerprint density at radius 3 is 2.56 bits per heavy atom. The van der Waals surface area contributed by atoms with Gasteiger partial charge < -0.3 is 14.5 Å². The maximum Gasteiger partial charge on any atom is 0.149 e. The standard InChI is InChI=1S/C13H21N5/c1-9-6-12(11(3)18(9)5)7-14-10(2)13-16-15-8-17(13)4/h6,8,10,14H,7H2,1-5H3. The van der Waals surface area contributed by atoms with Gasteiger partial charge >= 0.3 is 0 Å². The van der Waals surface area contributed by atoms with Crippen LogP contribution in [0.2, 0.25) is 0 Å². The van der Waals surface area contributed by atoms with E-state index in [4.69, 9.17) is 0 Å². The molecule has 1 unspecified atom stereocenters. The van der Waals surface area contributed by atoms with E-state index in [-0.39, 0.29) is 6.04 Å². The average Bonchev–Trinajstić information content (AvgIpc) is 2.86. The summed E-state index contributed by atoms with van der Waals surface area (Å²) in [5, 5.41) is 11.5. The first kappa shape index (κ1) is 12.8. The Balaban J connectivity index is 2.04. The van der Waals surface area contributed by atoms with Crippen LogP contribution in [0.3, 0.4) is 0 Å². The molecular weight excluding hydrogens is 226 g/mol. The van der Waals surface area contributed by atoms with E-state index < -0.39 is 0 Å². The Bertz CT molecular complexity index is 538. The molecule has 0 amide bonds. The van der Waals surface area contributed by atoms with Crippen molar-refractivity contribution in [2.45, 2.75) is 33.4 Å². The summed E-state index contributed by atoms with van der Waals surface area (Å²) in [6.07, 6.45) is 1.73. The second-order valence-electron chi connectivity index (χ2n) is 4.86. The minimum Gasteiger partial charge on any atom is -0.352 e. The Kier molecular flexibility index (Phi) is 3.52. The van der Waals surface area contributed by atoms with E-state index in [0.717, 1.165) is 12.4 Å². The minimum atomic E-state index is 0.192. The van der Waals surface area contributed by atoms with E-state index in [1.54, 1.807) is 6.33 Å². The highest BCUT2D eigenvalue weighted by atomic mass is 15.3. The number of nitrogens with zero attached hydrogens (tertiary/aromatic N) is 4. The molecule has 98 valence electrons. The lowest BCUT2D eigenvalue weighted by Gasteiger charge is -2.12. The van der Waals surface area contributed by atoms with E-state index in [1.165, 1.54) is 17.0 Å². The van der Waals surface area contributed by atoms with Gasteiger partial charge in [-0.1, -0.05) is 0 Å². The van der Waals surface area contributed by atoms with Gasteiger partial charge in [-0.15, -0.1) is 10.2 Å². The molecule has 0 aliphatic carbocycles. The summed E-state index contributed by atoms with van der Waals surface area (Å²) in [4.78, 5) is 0. The van der Waals surface area contributed by atoms with Gasteiger partial charge in [-0.2, -0.15) is 0 Å². The molecule has 2 rings (SSSR count). The average molecular weight is 247 g/mol. The fourth-order valence-electron chi connectivity index (χ4n) is 2.15. The summed E-state index contributed by atoms with van der Waals surface area (Å²) in [5.74, 6) is 0.959. The topological polar surface area (TPSA) is 47.7 Å². The molecule has 0 aliphatic heterocycles. The molecule has 0 saturated carbocycles. The van der Waals surface area contributed by atoms with Crippen LogP contribution < -0.4 is 5.32 Å². The molecule has 0 fully saturated rings. The molecule has 0 radical (unpaired) electrons. The van der Waals surface area contributed by atoms with Crippen LogP contribution in [0, 0.1) is 13.8 Å². The first-order chi connectivity index (χ1) is 8.50. The van der Waals surface area contributed by atoms with Crippen molar-refractivity contribution in [2.75, 3.05) is 0 Å². The highest BCUT2D eigenvalue weighted by Gasteiger charge is 2.12. The lowest BCUT2D eigenvalue weighted by molar-refractivity contribution is 0.527. The van der Waals surface area contributed by atoms with Gasteiger partial charge in [0.15, 0.2) is 0 Å². The van der Waals surface area contributed by atoms with Crippen LogP contribution >= 0.6 is 0 Å². The van der Waals surface area contributed by atoms with Crippen LogP contribution in [0.5, 0.6) is 0 Å². The van der Waals surface area contributed by atoms with Gasteiger partial charge in [0, 0.05) is 32.0 Å². The smallest absolute Gasteiger partial charge is 0.149 e. The second kappa shape index (κ2) is 4.94. The molecule has 5 heteroatoms. The van der Waals surface area contributed by atoms with Crippen molar-refractivity contribution in [1.29, 1.82) is 0 Å². The predicted molar refractivity (Wildman–Crippen MR) is 71.1 cm³/mol. The summed E-state index contributed by atoms with van der Waals surface area (Å²) in [7, 11) is 4.06. The van der Waals surface area contributed by atoms with Crippen LogP contribution in [-0.2, 0) is 20.6 Å². The van der Waals surface area contributed by atoms with Crippen LogP contribution in [0.15, 0.2) is 12.4 Å². The van der Waals surface area contributed by atoms with Gasteiger partial charge in [-0.3, -0.25) is 0 Å². The van der Waals surface area contributed by atoms with E-state index in [1.807, 2.05) is 11.6 Å². The third-order valence-electron chi connectivity index (χ3n) is 3.61. The summed E-state index contributed by atoms with van der Waals surface area (Å²) >= 11 is 0. The highest BCUT2D eigenvalue weighted by Crippen LogP contribution is 2.15. The van der Waals surface area contributed by atoms with Crippen LogP contribution in [0.25, 0.3) is 0 Å². The number of rotatable bonds is 4. The molecule has 0 saturated heterocycles. The van der Waals surface area contributed by atoms with E-state index in [9.17, 15) is 0 Å². The number of aromatic nitrogens is 4. The predicted octanol–water partition coefficient (Wildman–Crippen LogP) is 1.62. The Hall–Kier alpha value is -1.62. The number of nitrogens with one attached hydrogen (secondary N) is 1. The van der Waals surface area contributed by atoms with Crippen molar-refractivity contribution >= 4 is 0 Å². The molecule has 0 bridgehead atoms. The third-order valence-corrected chi connectivity index (χ3v) is 3.61. The lowest BCUT2D eigenvalue weighted by Crippen LogP contribution is -2.21. The van der Waals surface area contributed by atoms with E-state index >= 15 is 0 Å². The van der Waals surface area contributed by atoms with Crippen molar-refractivity contribution in [3.8, 4) is 0 Å². The molecule has 0 aliphatic rings. The zero-order valence-electron chi connectivity index (χ0n) is 11.7. The van der Waals surface area contributed by atoms with Gasteiger partial charge in [0.1, 0.15) is 12.2 Å². The van der Waals surface area contributed by atoms with E-state index in [0.29, 0.717) is 0 Å². The Morgan fingerprint density at radius 1 is 1.33 bits per heavy atom. The largest absolute Gasteiger partial charge is 0.352 e. The molecule has 2 aromatic rings. The minimum absolute atomic E-state index is 0.192. The molecule has 0 spiro atoms. The molecule has 2 heterocycles. The van der Waals surface area contributed by atoms with Crippen molar-refractivity contribution in [3.63, 3.8) is 0 Å². The van der Waals surface area contributed by atoms with E-state index in [2.05, 4.69) is 54.0 Å². The summed E-state index contributed by atoms with van der Waals surface area (Å²) < 4.78 is 4.16. The zero-order valence-corrected chi connectivity index (χ0v) is 11.7. The first-order valence-corrected chi connectivity index (χ1v) is 6.19. The van der Waals surface area contributed by atoms with Crippen molar-refractivity contribution in [1.82, 2.24) is 24.6 Å². The quantitative estimate of drug-likeness (QED) is 0.893. The normalized spacial score (nSPS) is 12.9. The Labute approximate surface area is 108 Å². The van der Waals surface area contributed by atoms with Gasteiger partial charge in [0.2, 0.25) is 0 Å². The highest BCUT2D eigenvalue weighted by molar-refractivity contribution is 5.26. The van der Waals surface area contributed by atoms with Gasteiger partial charge in [0.25, 0.3) is 0 Å². The fraction of sp³-hybridized carbons (Fsp3) is 0.538. The zero-order chi connectivity index (χ0) is 13.3. The SMILES string of the molecule is Cc1cc(CNC(C)c2nncn2C)c(C)n1C. The Morgan fingerprint density at radius 2 is 2.06 bits per heavy atom. The summed E-state index contributed by atoms with van der Waals surface area (Å²) in [6, 6.07) is 2.42. The van der Waals surface area contributed by atoms with Gasteiger partial charge in [0.05, 0.1) is 6.04 Å². The molecule has 1 N–H and O–H groups in total.